The van der Waals surface area contributed by atoms with E-state index in [1.807, 2.05) is 18.2 Å². The van der Waals surface area contributed by atoms with Gasteiger partial charge >= 0.3 is 0 Å². The van der Waals surface area contributed by atoms with Crippen LogP contribution in [0, 0.1) is 12.7 Å². The third kappa shape index (κ3) is 4.51. The molecule has 3 aromatic carbocycles. The molecule has 0 atom stereocenters. The van der Waals surface area contributed by atoms with Crippen LogP contribution < -0.4 is 10.6 Å². The number of hydrogen-bond acceptors (Lipinski definition) is 2. The average Bonchev–Trinajstić information content (AvgIpc) is 2.64. The van der Waals surface area contributed by atoms with Crippen LogP contribution in [0.5, 0.6) is 0 Å². The van der Waals surface area contributed by atoms with Crippen molar-refractivity contribution in [1.29, 1.82) is 0 Å². The third-order valence-corrected chi connectivity index (χ3v) is 4.27. The molecule has 0 saturated heterocycles. The second-order valence-electron chi connectivity index (χ2n) is 5.93. The molecule has 3 rings (SSSR count). The van der Waals surface area contributed by atoms with Crippen molar-refractivity contribution in [2.24, 2.45) is 0 Å². The number of hydrogen-bond donors (Lipinski definition) is 2. The fourth-order valence-electron chi connectivity index (χ4n) is 2.49. The molecule has 0 radical (unpaired) electrons. The molecule has 0 unspecified atom stereocenters. The van der Waals surface area contributed by atoms with Crippen molar-refractivity contribution in [2.75, 3.05) is 10.6 Å². The van der Waals surface area contributed by atoms with E-state index in [1.165, 1.54) is 6.07 Å². The van der Waals surface area contributed by atoms with Gasteiger partial charge in [0.25, 0.3) is 11.8 Å². The average molecular weight is 383 g/mol. The lowest BCUT2D eigenvalue weighted by atomic mass is 10.1. The number of carbonyl (C=O) groups is 2. The number of aryl methyl sites for hydroxylation is 1. The first-order valence-electron chi connectivity index (χ1n) is 8.17. The Bertz CT molecular complexity index is 1010. The van der Waals surface area contributed by atoms with Gasteiger partial charge < -0.3 is 10.6 Å². The monoisotopic (exact) mass is 382 g/mol. The fraction of sp³-hybridized carbons (Fsp3) is 0.0476. The molecule has 3 aromatic rings. The fourth-order valence-corrected chi connectivity index (χ4v) is 2.74. The van der Waals surface area contributed by atoms with Gasteiger partial charge in [-0.25, -0.2) is 4.39 Å². The first kappa shape index (κ1) is 18.6. The number of nitrogens with one attached hydrogen (secondary N) is 2. The maximum atomic E-state index is 13.2. The molecule has 2 N–H and O–H groups in total. The Kier molecular flexibility index (Phi) is 5.52. The second-order valence-corrected chi connectivity index (χ2v) is 6.34. The molecular formula is C21H16ClFN2O2. The Labute approximate surface area is 161 Å². The quantitative estimate of drug-likeness (QED) is 0.644. The van der Waals surface area contributed by atoms with Crippen molar-refractivity contribution >= 4 is 34.8 Å². The number of benzene rings is 3. The summed E-state index contributed by atoms with van der Waals surface area (Å²) in [6, 6.07) is 17.6. The van der Waals surface area contributed by atoms with E-state index in [2.05, 4.69) is 10.6 Å². The third-order valence-electron chi connectivity index (χ3n) is 3.96. The molecule has 0 heterocycles. The molecule has 0 bridgehead atoms. The number of anilines is 2. The van der Waals surface area contributed by atoms with Crippen LogP contribution in [0.25, 0.3) is 0 Å². The van der Waals surface area contributed by atoms with Crippen LogP contribution in [-0.4, -0.2) is 11.8 Å². The first-order chi connectivity index (χ1) is 12.9. The van der Waals surface area contributed by atoms with Gasteiger partial charge in [0, 0.05) is 16.9 Å². The van der Waals surface area contributed by atoms with E-state index in [4.69, 9.17) is 11.6 Å². The van der Waals surface area contributed by atoms with Gasteiger partial charge in [-0.3, -0.25) is 9.59 Å². The van der Waals surface area contributed by atoms with Gasteiger partial charge in [0.05, 0.1) is 10.6 Å². The zero-order valence-electron chi connectivity index (χ0n) is 14.4. The molecular weight excluding hydrogens is 367 g/mol. The molecule has 0 aliphatic rings. The lowest BCUT2D eigenvalue weighted by molar-refractivity contribution is 0.101. The van der Waals surface area contributed by atoms with Crippen molar-refractivity contribution in [3.63, 3.8) is 0 Å². The van der Waals surface area contributed by atoms with E-state index >= 15 is 0 Å². The zero-order chi connectivity index (χ0) is 19.4. The minimum atomic E-state index is -0.521. The van der Waals surface area contributed by atoms with E-state index in [0.717, 1.165) is 17.7 Å². The highest BCUT2D eigenvalue weighted by atomic mass is 35.5. The Balaban J connectivity index is 1.81. The minimum absolute atomic E-state index is 0.0168. The van der Waals surface area contributed by atoms with Gasteiger partial charge in [0.2, 0.25) is 0 Å². The Morgan fingerprint density at radius 1 is 0.889 bits per heavy atom. The van der Waals surface area contributed by atoms with Gasteiger partial charge in [-0.2, -0.15) is 0 Å². The molecule has 0 saturated carbocycles. The summed E-state index contributed by atoms with van der Waals surface area (Å²) >= 11 is 5.94. The van der Waals surface area contributed by atoms with Crippen molar-refractivity contribution in [1.82, 2.24) is 0 Å². The van der Waals surface area contributed by atoms with Crippen molar-refractivity contribution in [3.05, 3.63) is 94.3 Å². The molecule has 136 valence electrons. The van der Waals surface area contributed by atoms with Gasteiger partial charge in [0.1, 0.15) is 5.82 Å². The highest BCUT2D eigenvalue weighted by Gasteiger charge is 2.14. The number of carbonyl (C=O) groups excluding carboxylic acids is 2. The van der Waals surface area contributed by atoms with Crippen molar-refractivity contribution in [2.45, 2.75) is 6.92 Å². The van der Waals surface area contributed by atoms with Crippen LogP contribution in [-0.2, 0) is 0 Å². The molecule has 2 amide bonds. The predicted molar refractivity (Wildman–Crippen MR) is 105 cm³/mol. The molecule has 27 heavy (non-hydrogen) atoms. The van der Waals surface area contributed by atoms with Crippen LogP contribution in [0.15, 0.2) is 66.7 Å². The molecule has 6 heteroatoms. The summed E-state index contributed by atoms with van der Waals surface area (Å²) < 4.78 is 13.2. The Morgan fingerprint density at radius 2 is 1.63 bits per heavy atom. The summed E-state index contributed by atoms with van der Waals surface area (Å²) in [5.74, 6) is -1.30. The number of amides is 2. The lowest BCUT2D eigenvalue weighted by Crippen LogP contribution is -2.16. The summed E-state index contributed by atoms with van der Waals surface area (Å²) in [5, 5.41) is 5.53. The van der Waals surface area contributed by atoms with E-state index in [9.17, 15) is 14.0 Å². The standard InChI is InChI=1S/C21H16ClFN2O2/c1-13-7-8-14(20(26)24-16-5-3-2-4-6-16)11-19(13)25-21(27)17-10-9-15(23)12-18(17)22/h2-12H,1H3,(H,24,26)(H,25,27). The van der Waals surface area contributed by atoms with Crippen molar-refractivity contribution < 1.29 is 14.0 Å². The van der Waals surface area contributed by atoms with Crippen LogP contribution in [0.2, 0.25) is 5.02 Å². The van der Waals surface area contributed by atoms with E-state index in [-0.39, 0.29) is 16.5 Å². The SMILES string of the molecule is Cc1ccc(C(=O)Nc2ccccc2)cc1NC(=O)c1ccc(F)cc1Cl. The van der Waals surface area contributed by atoms with Gasteiger partial charge in [0.15, 0.2) is 0 Å². The van der Waals surface area contributed by atoms with Gasteiger partial charge in [-0.1, -0.05) is 35.9 Å². The largest absolute Gasteiger partial charge is 0.322 e. The van der Waals surface area contributed by atoms with Crippen molar-refractivity contribution in [3.8, 4) is 0 Å². The number of halogens is 2. The summed E-state index contributed by atoms with van der Waals surface area (Å²) in [6.45, 7) is 1.81. The molecule has 0 spiro atoms. The highest BCUT2D eigenvalue weighted by Crippen LogP contribution is 2.22. The highest BCUT2D eigenvalue weighted by molar-refractivity contribution is 6.34. The second kappa shape index (κ2) is 8.01. The Hall–Kier alpha value is -3.18. The van der Waals surface area contributed by atoms with Gasteiger partial charge in [-0.05, 0) is 55.0 Å². The molecule has 4 nitrogen and oxygen atoms in total. The summed E-state index contributed by atoms with van der Waals surface area (Å²) in [5.41, 5.74) is 2.47. The summed E-state index contributed by atoms with van der Waals surface area (Å²) in [7, 11) is 0. The normalized spacial score (nSPS) is 10.3. The summed E-state index contributed by atoms with van der Waals surface area (Å²) in [4.78, 5) is 24.9. The van der Waals surface area contributed by atoms with Crippen LogP contribution in [0.3, 0.4) is 0 Å². The van der Waals surface area contributed by atoms with Crippen LogP contribution in [0.4, 0.5) is 15.8 Å². The Morgan fingerprint density at radius 3 is 2.33 bits per heavy atom. The zero-order valence-corrected chi connectivity index (χ0v) is 15.2. The van der Waals surface area contributed by atoms with E-state index in [1.54, 1.807) is 37.3 Å². The van der Waals surface area contributed by atoms with E-state index < -0.39 is 11.7 Å². The lowest BCUT2D eigenvalue weighted by Gasteiger charge is -2.12. The van der Waals surface area contributed by atoms with Crippen LogP contribution >= 0.6 is 11.6 Å². The molecule has 0 aliphatic heterocycles. The maximum Gasteiger partial charge on any atom is 0.257 e. The maximum absolute atomic E-state index is 13.2. The smallest absolute Gasteiger partial charge is 0.257 e. The topological polar surface area (TPSA) is 58.2 Å². The molecule has 0 fully saturated rings. The molecule has 0 aliphatic carbocycles. The number of rotatable bonds is 4. The summed E-state index contributed by atoms with van der Waals surface area (Å²) in [6.07, 6.45) is 0. The van der Waals surface area contributed by atoms with Gasteiger partial charge in [-0.15, -0.1) is 0 Å². The first-order valence-corrected chi connectivity index (χ1v) is 8.55. The van der Waals surface area contributed by atoms with E-state index in [0.29, 0.717) is 16.9 Å². The predicted octanol–water partition coefficient (Wildman–Crippen LogP) is 5.29. The number of para-hydroxylation sites is 1. The molecule has 0 aromatic heterocycles. The van der Waals surface area contributed by atoms with Crippen LogP contribution in [0.1, 0.15) is 26.3 Å². The minimum Gasteiger partial charge on any atom is -0.322 e.